The van der Waals surface area contributed by atoms with Gasteiger partial charge in [0.2, 0.25) is 5.82 Å². The van der Waals surface area contributed by atoms with E-state index in [4.69, 9.17) is 16.0 Å². The molecule has 0 aliphatic heterocycles. The van der Waals surface area contributed by atoms with Crippen molar-refractivity contribution in [2.75, 3.05) is 0 Å². The smallest absolute Gasteiger partial charge is 0.306 e. The van der Waals surface area contributed by atoms with Crippen molar-refractivity contribution in [3.63, 3.8) is 0 Å². The normalized spacial score (nSPS) is 10.3. The summed E-state index contributed by atoms with van der Waals surface area (Å²) in [6, 6.07) is 4.61. The van der Waals surface area contributed by atoms with E-state index < -0.39 is 16.4 Å². The molecule has 1 aromatic heterocycles. The highest BCUT2D eigenvalue weighted by Gasteiger charge is 2.19. The van der Waals surface area contributed by atoms with Crippen LogP contribution in [-0.4, -0.2) is 11.2 Å². The van der Waals surface area contributed by atoms with E-state index in [-0.39, 0.29) is 22.1 Å². The van der Waals surface area contributed by atoms with Crippen LogP contribution in [0.1, 0.15) is 10.6 Å². The van der Waals surface area contributed by atoms with E-state index in [1.54, 1.807) is 0 Å². The maximum atomic E-state index is 13.4. The molecule has 0 N–H and O–H groups in total. The van der Waals surface area contributed by atoms with Gasteiger partial charge in [-0.15, -0.1) is 0 Å². The Kier molecular flexibility index (Phi) is 3.12. The highest BCUT2D eigenvalue weighted by Crippen LogP contribution is 2.33. The molecule has 5 nitrogen and oxygen atoms in total. The Hall–Kier alpha value is -2.21. The minimum atomic E-state index is -1.02. The first-order valence-electron chi connectivity index (χ1n) is 4.71. The Morgan fingerprint density at radius 2 is 2.11 bits per heavy atom. The van der Waals surface area contributed by atoms with Gasteiger partial charge in [0.1, 0.15) is 5.76 Å². The number of hydrogen-bond acceptors (Lipinski definition) is 4. The number of benzene rings is 1. The first-order valence-corrected chi connectivity index (χ1v) is 5.09. The summed E-state index contributed by atoms with van der Waals surface area (Å²) in [5.41, 5.74) is -0.571. The summed E-state index contributed by atoms with van der Waals surface area (Å²) < 4.78 is 18.5. The van der Waals surface area contributed by atoms with E-state index in [1.807, 2.05) is 0 Å². The molecule has 18 heavy (non-hydrogen) atoms. The second kappa shape index (κ2) is 4.58. The van der Waals surface area contributed by atoms with Gasteiger partial charge in [-0.25, -0.2) is 0 Å². The number of carbonyl (C=O) groups excluding carboxylic acids is 1. The molecule has 2 aromatic rings. The lowest BCUT2D eigenvalue weighted by atomic mass is 10.1. The molecule has 0 spiro atoms. The SMILES string of the molecule is O=Cc1ccc(-c2cc(F)c([N+](=O)[O-])cc2Cl)o1. The Morgan fingerprint density at radius 3 is 2.67 bits per heavy atom. The van der Waals surface area contributed by atoms with Gasteiger partial charge in [-0.1, -0.05) is 11.6 Å². The summed E-state index contributed by atoms with van der Waals surface area (Å²) in [6.45, 7) is 0. The van der Waals surface area contributed by atoms with Crippen molar-refractivity contribution in [2.24, 2.45) is 0 Å². The molecule has 0 saturated heterocycles. The van der Waals surface area contributed by atoms with Crippen molar-refractivity contribution in [1.82, 2.24) is 0 Å². The molecule has 92 valence electrons. The van der Waals surface area contributed by atoms with Gasteiger partial charge in [0.05, 0.1) is 9.95 Å². The third-order valence-corrected chi connectivity index (χ3v) is 2.55. The summed E-state index contributed by atoms with van der Waals surface area (Å²) in [5, 5.41) is 10.5. The Balaban J connectivity index is 2.55. The number of nitrogens with zero attached hydrogens (tertiary/aromatic N) is 1. The number of nitro groups is 1. The molecule has 0 unspecified atom stereocenters. The second-order valence-corrected chi connectivity index (χ2v) is 3.77. The molecule has 1 heterocycles. The van der Waals surface area contributed by atoms with Crippen LogP contribution in [0.3, 0.4) is 0 Å². The monoisotopic (exact) mass is 269 g/mol. The molecule has 7 heteroatoms. The Morgan fingerprint density at radius 1 is 1.39 bits per heavy atom. The number of carbonyl (C=O) groups is 1. The van der Waals surface area contributed by atoms with Crippen molar-refractivity contribution in [3.05, 3.63) is 51.0 Å². The zero-order chi connectivity index (χ0) is 13.3. The lowest BCUT2D eigenvalue weighted by molar-refractivity contribution is -0.387. The summed E-state index contributed by atoms with van der Waals surface area (Å²) in [7, 11) is 0. The van der Waals surface area contributed by atoms with E-state index in [1.165, 1.54) is 12.1 Å². The second-order valence-electron chi connectivity index (χ2n) is 3.36. The number of hydrogen-bond donors (Lipinski definition) is 0. The molecule has 0 radical (unpaired) electrons. The van der Waals surface area contributed by atoms with Crippen molar-refractivity contribution in [2.45, 2.75) is 0 Å². The van der Waals surface area contributed by atoms with Crippen LogP contribution in [0.15, 0.2) is 28.7 Å². The summed E-state index contributed by atoms with van der Waals surface area (Å²) >= 11 is 5.81. The first-order chi connectivity index (χ1) is 8.52. The minimum absolute atomic E-state index is 0.0325. The van der Waals surface area contributed by atoms with E-state index in [0.717, 1.165) is 12.1 Å². The molecule has 0 bridgehead atoms. The average Bonchev–Trinajstić information content (AvgIpc) is 2.79. The topological polar surface area (TPSA) is 73.3 Å². The lowest BCUT2D eigenvalue weighted by Gasteiger charge is -2.01. The van der Waals surface area contributed by atoms with Gasteiger partial charge in [0.25, 0.3) is 0 Å². The largest absolute Gasteiger partial charge is 0.453 e. The molecule has 1 aromatic carbocycles. The van der Waals surface area contributed by atoms with Gasteiger partial charge in [0.15, 0.2) is 12.0 Å². The van der Waals surface area contributed by atoms with Gasteiger partial charge in [-0.2, -0.15) is 4.39 Å². The molecule has 2 rings (SSSR count). The standard InChI is InChI=1S/C11H5ClFNO4/c12-8-4-10(14(16)17)9(13)3-7(8)11-2-1-6(5-15)18-11/h1-5H. The average molecular weight is 270 g/mol. The third-order valence-electron chi connectivity index (χ3n) is 2.24. The van der Waals surface area contributed by atoms with Crippen LogP contribution >= 0.6 is 11.6 Å². The summed E-state index contributed by atoms with van der Waals surface area (Å²) in [4.78, 5) is 20.1. The van der Waals surface area contributed by atoms with Crippen LogP contribution in [0, 0.1) is 15.9 Å². The quantitative estimate of drug-likeness (QED) is 0.486. The first kappa shape index (κ1) is 12.3. The molecular formula is C11H5ClFNO4. The fraction of sp³-hybridized carbons (Fsp3) is 0. The fourth-order valence-electron chi connectivity index (χ4n) is 1.43. The van der Waals surface area contributed by atoms with Gasteiger partial charge in [-0.3, -0.25) is 14.9 Å². The van der Waals surface area contributed by atoms with Gasteiger partial charge >= 0.3 is 5.69 Å². The molecular weight excluding hydrogens is 265 g/mol. The number of rotatable bonds is 3. The molecule has 0 fully saturated rings. The van der Waals surface area contributed by atoms with E-state index in [2.05, 4.69) is 0 Å². The number of nitro benzene ring substituents is 1. The van der Waals surface area contributed by atoms with Crippen molar-refractivity contribution < 1.29 is 18.5 Å². The van der Waals surface area contributed by atoms with Crippen molar-refractivity contribution >= 4 is 23.6 Å². The van der Waals surface area contributed by atoms with E-state index >= 15 is 0 Å². The zero-order valence-electron chi connectivity index (χ0n) is 8.72. The van der Waals surface area contributed by atoms with Gasteiger partial charge in [0, 0.05) is 11.6 Å². The Bertz CT molecular complexity index is 638. The fourth-order valence-corrected chi connectivity index (χ4v) is 1.68. The summed E-state index contributed by atoms with van der Waals surface area (Å²) in [5.74, 6) is -0.806. The highest BCUT2D eigenvalue weighted by atomic mass is 35.5. The molecule has 0 amide bonds. The minimum Gasteiger partial charge on any atom is -0.453 e. The summed E-state index contributed by atoms with van der Waals surface area (Å²) in [6.07, 6.45) is 0.485. The molecule has 0 aliphatic carbocycles. The molecule has 0 aliphatic rings. The maximum absolute atomic E-state index is 13.4. The maximum Gasteiger partial charge on any atom is 0.306 e. The van der Waals surface area contributed by atoms with Crippen molar-refractivity contribution in [1.29, 1.82) is 0 Å². The predicted molar refractivity (Wildman–Crippen MR) is 61.2 cm³/mol. The third kappa shape index (κ3) is 2.10. The van der Waals surface area contributed by atoms with Crippen molar-refractivity contribution in [3.8, 4) is 11.3 Å². The van der Waals surface area contributed by atoms with Crippen LogP contribution in [0.4, 0.5) is 10.1 Å². The number of aldehydes is 1. The van der Waals surface area contributed by atoms with Crippen LogP contribution in [0.25, 0.3) is 11.3 Å². The van der Waals surface area contributed by atoms with Crippen LogP contribution in [0.2, 0.25) is 5.02 Å². The van der Waals surface area contributed by atoms with Gasteiger partial charge in [-0.05, 0) is 18.2 Å². The highest BCUT2D eigenvalue weighted by molar-refractivity contribution is 6.33. The van der Waals surface area contributed by atoms with Crippen LogP contribution in [-0.2, 0) is 0 Å². The van der Waals surface area contributed by atoms with E-state index in [9.17, 15) is 19.3 Å². The Labute approximate surface area is 105 Å². The van der Waals surface area contributed by atoms with E-state index in [0.29, 0.717) is 6.29 Å². The predicted octanol–water partition coefficient (Wildman–Crippen LogP) is 3.46. The van der Waals surface area contributed by atoms with Crippen LogP contribution in [0.5, 0.6) is 0 Å². The molecule has 0 atom stereocenters. The lowest BCUT2D eigenvalue weighted by Crippen LogP contribution is -1.93. The number of furan rings is 1. The molecule has 0 saturated carbocycles. The number of halogens is 2. The van der Waals surface area contributed by atoms with Crippen LogP contribution < -0.4 is 0 Å². The zero-order valence-corrected chi connectivity index (χ0v) is 9.48. The van der Waals surface area contributed by atoms with Gasteiger partial charge < -0.3 is 4.42 Å².